The first-order chi connectivity index (χ1) is 10.0. The predicted octanol–water partition coefficient (Wildman–Crippen LogP) is 2.58. The Kier molecular flexibility index (Phi) is 5.59. The lowest BCUT2D eigenvalue weighted by Gasteiger charge is -2.32. The van der Waals surface area contributed by atoms with Gasteiger partial charge in [-0.25, -0.2) is 4.98 Å². The van der Waals surface area contributed by atoms with Gasteiger partial charge in [0.05, 0.1) is 0 Å². The maximum absolute atomic E-state index is 5.88. The van der Waals surface area contributed by atoms with Crippen molar-refractivity contribution in [2.75, 3.05) is 31.6 Å². The number of rotatable bonds is 4. The Morgan fingerprint density at radius 2 is 2.10 bits per heavy atom. The minimum absolute atomic E-state index is 0.435. The van der Waals surface area contributed by atoms with Gasteiger partial charge in [0.25, 0.3) is 0 Å². The highest BCUT2D eigenvalue weighted by Crippen LogP contribution is 2.24. The van der Waals surface area contributed by atoms with Crippen molar-refractivity contribution >= 4 is 5.82 Å². The highest BCUT2D eigenvalue weighted by atomic mass is 15.3. The molecule has 1 aromatic heterocycles. The molecule has 4 nitrogen and oxygen atoms in total. The number of anilines is 1. The fourth-order valence-electron chi connectivity index (χ4n) is 3.05. The average molecular weight is 290 g/mol. The maximum Gasteiger partial charge on any atom is 0.129 e. The second-order valence-corrected chi connectivity index (χ2v) is 6.49. The van der Waals surface area contributed by atoms with E-state index in [-0.39, 0.29) is 0 Å². The van der Waals surface area contributed by atoms with Crippen LogP contribution in [-0.4, -0.2) is 42.6 Å². The summed E-state index contributed by atoms with van der Waals surface area (Å²) in [6.45, 7) is 10.6. The third-order valence-electron chi connectivity index (χ3n) is 4.39. The van der Waals surface area contributed by atoms with E-state index >= 15 is 0 Å². The number of hydrogen-bond acceptors (Lipinski definition) is 4. The molecule has 118 valence electrons. The van der Waals surface area contributed by atoms with E-state index in [1.54, 1.807) is 0 Å². The summed E-state index contributed by atoms with van der Waals surface area (Å²) in [6, 6.07) is 4.87. The molecule has 1 aromatic rings. The lowest BCUT2D eigenvalue weighted by atomic mass is 10.1. The van der Waals surface area contributed by atoms with Crippen molar-refractivity contribution in [2.45, 2.75) is 52.1 Å². The van der Waals surface area contributed by atoms with Gasteiger partial charge in [0.15, 0.2) is 0 Å². The van der Waals surface area contributed by atoms with Crippen LogP contribution in [0.4, 0.5) is 5.82 Å². The van der Waals surface area contributed by atoms with Gasteiger partial charge in [-0.3, -0.25) is 0 Å². The number of aromatic nitrogens is 1. The molecule has 1 atom stereocenters. The van der Waals surface area contributed by atoms with Crippen molar-refractivity contribution in [1.82, 2.24) is 9.88 Å². The van der Waals surface area contributed by atoms with Crippen molar-refractivity contribution in [3.63, 3.8) is 0 Å². The monoisotopic (exact) mass is 290 g/mol. The first-order valence-electron chi connectivity index (χ1n) is 8.21. The van der Waals surface area contributed by atoms with E-state index in [4.69, 9.17) is 10.7 Å². The second kappa shape index (κ2) is 7.23. The van der Waals surface area contributed by atoms with Gasteiger partial charge in [-0.2, -0.15) is 0 Å². The van der Waals surface area contributed by atoms with Gasteiger partial charge in [-0.1, -0.05) is 20.8 Å². The lowest BCUT2D eigenvalue weighted by Crippen LogP contribution is -2.40. The summed E-state index contributed by atoms with van der Waals surface area (Å²) in [4.78, 5) is 9.85. The molecule has 1 aliphatic rings. The topological polar surface area (TPSA) is 45.4 Å². The molecule has 0 saturated carbocycles. The van der Waals surface area contributed by atoms with Crippen LogP contribution in [0.5, 0.6) is 0 Å². The van der Waals surface area contributed by atoms with Gasteiger partial charge in [0.2, 0.25) is 0 Å². The quantitative estimate of drug-likeness (QED) is 0.926. The largest absolute Gasteiger partial charge is 0.352 e. The van der Waals surface area contributed by atoms with Gasteiger partial charge in [0.1, 0.15) is 5.82 Å². The first-order valence-corrected chi connectivity index (χ1v) is 8.21. The average Bonchev–Trinajstić information content (AvgIpc) is 2.67. The van der Waals surface area contributed by atoms with Crippen molar-refractivity contribution in [2.24, 2.45) is 5.73 Å². The maximum atomic E-state index is 5.88. The van der Waals surface area contributed by atoms with Crippen LogP contribution in [0.3, 0.4) is 0 Å². The van der Waals surface area contributed by atoms with Crippen molar-refractivity contribution in [3.8, 4) is 0 Å². The van der Waals surface area contributed by atoms with Crippen LogP contribution in [0.1, 0.15) is 50.8 Å². The van der Waals surface area contributed by atoms with Crippen LogP contribution in [-0.2, 0) is 6.54 Å². The minimum Gasteiger partial charge on any atom is -0.352 e. The number of nitrogens with zero attached hydrogens (tertiary/aromatic N) is 3. The lowest BCUT2D eigenvalue weighted by molar-refractivity contribution is 0.327. The van der Waals surface area contributed by atoms with E-state index in [1.165, 1.54) is 18.5 Å². The summed E-state index contributed by atoms with van der Waals surface area (Å²) in [6.07, 6.45) is 2.34. The molecule has 1 fully saturated rings. The van der Waals surface area contributed by atoms with E-state index in [0.717, 1.165) is 31.0 Å². The van der Waals surface area contributed by atoms with Crippen LogP contribution >= 0.6 is 0 Å². The molecule has 2 N–H and O–H groups in total. The molecule has 0 radical (unpaired) electrons. The van der Waals surface area contributed by atoms with Gasteiger partial charge < -0.3 is 15.5 Å². The molecule has 4 heteroatoms. The summed E-state index contributed by atoms with van der Waals surface area (Å²) < 4.78 is 0. The Balaban J connectivity index is 2.35. The number of nitrogens with two attached hydrogens (primary N) is 1. The molecular weight excluding hydrogens is 260 g/mol. The van der Waals surface area contributed by atoms with Crippen molar-refractivity contribution < 1.29 is 0 Å². The SMILES string of the molecule is CCC1CN(C)CCCN1c1cc(CN)cc(C(C)C)n1. The van der Waals surface area contributed by atoms with E-state index in [0.29, 0.717) is 18.5 Å². The van der Waals surface area contributed by atoms with Crippen LogP contribution < -0.4 is 10.6 Å². The Morgan fingerprint density at radius 1 is 1.33 bits per heavy atom. The second-order valence-electron chi connectivity index (χ2n) is 6.49. The third kappa shape index (κ3) is 3.95. The summed E-state index contributed by atoms with van der Waals surface area (Å²) in [5, 5.41) is 0. The van der Waals surface area contributed by atoms with Gasteiger partial charge in [-0.15, -0.1) is 0 Å². The van der Waals surface area contributed by atoms with Gasteiger partial charge >= 0.3 is 0 Å². The zero-order valence-electron chi connectivity index (χ0n) is 14.0. The summed E-state index contributed by atoms with van der Waals surface area (Å²) in [5.41, 5.74) is 8.23. The van der Waals surface area contributed by atoms with E-state index < -0.39 is 0 Å². The standard InChI is InChI=1S/C17H30N4/c1-5-15-12-20(4)7-6-8-21(15)17-10-14(11-18)9-16(19-17)13(2)3/h9-10,13,15H,5-8,11-12,18H2,1-4H3. The highest BCUT2D eigenvalue weighted by molar-refractivity contribution is 5.44. The molecule has 2 rings (SSSR count). The summed E-state index contributed by atoms with van der Waals surface area (Å²) in [5.74, 6) is 1.55. The Labute approximate surface area is 129 Å². The smallest absolute Gasteiger partial charge is 0.129 e. The number of pyridine rings is 1. The Hall–Kier alpha value is -1.13. The fourth-order valence-corrected chi connectivity index (χ4v) is 3.05. The van der Waals surface area contributed by atoms with Crippen LogP contribution in [0.15, 0.2) is 12.1 Å². The summed E-state index contributed by atoms with van der Waals surface area (Å²) in [7, 11) is 2.22. The zero-order chi connectivity index (χ0) is 15.4. The molecule has 0 bridgehead atoms. The number of likely N-dealkylation sites (N-methyl/N-ethyl adjacent to an activating group) is 1. The Morgan fingerprint density at radius 3 is 2.71 bits per heavy atom. The predicted molar refractivity (Wildman–Crippen MR) is 89.8 cm³/mol. The minimum atomic E-state index is 0.435. The van der Waals surface area contributed by atoms with Crippen LogP contribution in [0, 0.1) is 0 Å². The normalized spacial score (nSPS) is 20.9. The highest BCUT2D eigenvalue weighted by Gasteiger charge is 2.23. The number of hydrogen-bond donors (Lipinski definition) is 1. The molecular formula is C17H30N4. The third-order valence-corrected chi connectivity index (χ3v) is 4.39. The molecule has 1 saturated heterocycles. The van der Waals surface area contributed by atoms with E-state index in [1.807, 2.05) is 0 Å². The molecule has 0 spiro atoms. The van der Waals surface area contributed by atoms with Crippen molar-refractivity contribution in [1.29, 1.82) is 0 Å². The molecule has 21 heavy (non-hydrogen) atoms. The molecule has 0 aromatic carbocycles. The fraction of sp³-hybridized carbons (Fsp3) is 0.706. The summed E-state index contributed by atoms with van der Waals surface area (Å²) >= 11 is 0. The van der Waals surface area contributed by atoms with E-state index in [2.05, 4.69) is 49.8 Å². The van der Waals surface area contributed by atoms with Crippen molar-refractivity contribution in [3.05, 3.63) is 23.4 Å². The van der Waals surface area contributed by atoms with E-state index in [9.17, 15) is 0 Å². The Bertz CT molecular complexity index is 458. The molecule has 1 aliphatic heterocycles. The molecule has 0 amide bonds. The molecule has 1 unspecified atom stereocenters. The molecule has 0 aliphatic carbocycles. The zero-order valence-corrected chi connectivity index (χ0v) is 14.0. The first kappa shape index (κ1) is 16.2. The van der Waals surface area contributed by atoms with Crippen LogP contribution in [0.2, 0.25) is 0 Å². The molecule has 2 heterocycles. The van der Waals surface area contributed by atoms with Crippen LogP contribution in [0.25, 0.3) is 0 Å². The van der Waals surface area contributed by atoms with Gasteiger partial charge in [0, 0.05) is 31.4 Å². The van der Waals surface area contributed by atoms with Gasteiger partial charge in [-0.05, 0) is 50.0 Å².